The normalized spacial score (nSPS) is 14.5. The smallest absolute Gasteiger partial charge is 0.211 e. The van der Waals surface area contributed by atoms with Gasteiger partial charge < -0.3 is 21.5 Å². The highest BCUT2D eigenvalue weighted by molar-refractivity contribution is 5.98. The SMILES string of the molecule is CCCOc1ccc(C2N=C(NC#N)Nc3nc(N)c(C#N)c(N)c32)cc1CN(CC)CC. The molecule has 1 unspecified atom stereocenters. The second-order valence-corrected chi connectivity index (χ2v) is 7.58. The van der Waals surface area contributed by atoms with E-state index in [4.69, 9.17) is 21.5 Å². The van der Waals surface area contributed by atoms with E-state index in [0.717, 1.165) is 36.4 Å². The lowest BCUT2D eigenvalue weighted by atomic mass is 9.93. The third-order valence-corrected chi connectivity index (χ3v) is 5.51. The van der Waals surface area contributed by atoms with Crippen molar-refractivity contribution in [2.45, 2.75) is 39.8 Å². The third-order valence-electron chi connectivity index (χ3n) is 5.51. The molecule has 10 heteroatoms. The van der Waals surface area contributed by atoms with E-state index < -0.39 is 6.04 Å². The molecule has 1 aliphatic rings. The average Bonchev–Trinajstić information content (AvgIpc) is 2.81. The number of nitriles is 2. The summed E-state index contributed by atoms with van der Waals surface area (Å²) in [6, 6.07) is 7.33. The molecule has 10 nitrogen and oxygen atoms in total. The van der Waals surface area contributed by atoms with Gasteiger partial charge in [-0.1, -0.05) is 26.8 Å². The Balaban J connectivity index is 2.16. The van der Waals surface area contributed by atoms with E-state index in [2.05, 4.69) is 46.3 Å². The van der Waals surface area contributed by atoms with Gasteiger partial charge in [-0.3, -0.25) is 10.2 Å². The molecule has 1 aliphatic heterocycles. The van der Waals surface area contributed by atoms with E-state index in [0.29, 0.717) is 24.5 Å². The number of benzene rings is 1. The zero-order valence-corrected chi connectivity index (χ0v) is 19.1. The molecule has 0 fully saturated rings. The molecule has 1 atom stereocenters. The molecule has 2 heterocycles. The van der Waals surface area contributed by atoms with Crippen molar-refractivity contribution >= 4 is 23.3 Å². The summed E-state index contributed by atoms with van der Waals surface area (Å²) in [5.74, 6) is 1.42. The number of nitrogen functional groups attached to an aromatic ring is 2. The third kappa shape index (κ3) is 4.92. The molecule has 0 radical (unpaired) electrons. The fraction of sp³-hybridized carbons (Fsp3) is 0.391. The van der Waals surface area contributed by atoms with Gasteiger partial charge in [0.2, 0.25) is 5.96 Å². The molecule has 172 valence electrons. The molecule has 2 aromatic rings. The van der Waals surface area contributed by atoms with Gasteiger partial charge in [-0.2, -0.15) is 10.5 Å². The van der Waals surface area contributed by atoms with E-state index in [1.807, 2.05) is 30.5 Å². The van der Waals surface area contributed by atoms with Crippen LogP contribution in [0.5, 0.6) is 5.75 Å². The number of nitrogens with zero attached hydrogens (tertiary/aromatic N) is 5. The van der Waals surface area contributed by atoms with Crippen LogP contribution >= 0.6 is 0 Å². The second-order valence-electron chi connectivity index (χ2n) is 7.58. The lowest BCUT2D eigenvalue weighted by Crippen LogP contribution is -2.32. The first-order chi connectivity index (χ1) is 16.0. The van der Waals surface area contributed by atoms with E-state index >= 15 is 0 Å². The highest BCUT2D eigenvalue weighted by Crippen LogP contribution is 2.41. The van der Waals surface area contributed by atoms with Crippen molar-refractivity contribution in [1.29, 1.82) is 10.5 Å². The van der Waals surface area contributed by atoms with E-state index in [1.54, 1.807) is 0 Å². The molecule has 0 saturated carbocycles. The fourth-order valence-corrected chi connectivity index (χ4v) is 3.76. The van der Waals surface area contributed by atoms with Crippen LogP contribution in [0.1, 0.15) is 55.5 Å². The second kappa shape index (κ2) is 10.5. The Labute approximate surface area is 193 Å². The zero-order valence-electron chi connectivity index (χ0n) is 19.1. The summed E-state index contributed by atoms with van der Waals surface area (Å²) in [7, 11) is 0. The maximum atomic E-state index is 9.53. The quantitative estimate of drug-likeness (QED) is 0.352. The number of fused-ring (bicyclic) bond motifs is 1. The van der Waals surface area contributed by atoms with Crippen LogP contribution in [0.2, 0.25) is 0 Å². The van der Waals surface area contributed by atoms with Crippen molar-refractivity contribution in [3.05, 3.63) is 40.5 Å². The minimum absolute atomic E-state index is 0.0174. The van der Waals surface area contributed by atoms with Gasteiger partial charge in [-0.25, -0.2) is 9.98 Å². The van der Waals surface area contributed by atoms with Gasteiger partial charge in [0, 0.05) is 17.7 Å². The number of pyridine rings is 1. The van der Waals surface area contributed by atoms with Crippen molar-refractivity contribution < 1.29 is 4.74 Å². The number of hydrogen-bond donors (Lipinski definition) is 4. The molecule has 0 amide bonds. The molecule has 1 aromatic carbocycles. The molecule has 6 N–H and O–H groups in total. The van der Waals surface area contributed by atoms with Crippen LogP contribution in [-0.4, -0.2) is 35.5 Å². The monoisotopic (exact) mass is 447 g/mol. The minimum Gasteiger partial charge on any atom is -0.493 e. The molecule has 1 aromatic heterocycles. The van der Waals surface area contributed by atoms with Gasteiger partial charge >= 0.3 is 0 Å². The number of aliphatic imine (C=N–C) groups is 1. The zero-order chi connectivity index (χ0) is 24.0. The summed E-state index contributed by atoms with van der Waals surface area (Å²) in [6.07, 6.45) is 2.77. The Morgan fingerprint density at radius 1 is 1.21 bits per heavy atom. The molecule has 0 saturated heterocycles. The molecule has 0 aliphatic carbocycles. The number of ether oxygens (including phenoxy) is 1. The summed E-state index contributed by atoms with van der Waals surface area (Å²) < 4.78 is 6.00. The number of hydrogen-bond acceptors (Lipinski definition) is 10. The maximum Gasteiger partial charge on any atom is 0.211 e. The van der Waals surface area contributed by atoms with Crippen LogP contribution in [0.3, 0.4) is 0 Å². The Hall–Kier alpha value is -4.02. The first-order valence-corrected chi connectivity index (χ1v) is 10.9. The molecule has 0 bridgehead atoms. The number of nitrogens with two attached hydrogens (primary N) is 2. The fourth-order valence-electron chi connectivity index (χ4n) is 3.76. The Morgan fingerprint density at radius 2 is 1.97 bits per heavy atom. The molecule has 3 rings (SSSR count). The summed E-state index contributed by atoms with van der Waals surface area (Å²) in [5, 5.41) is 24.1. The predicted octanol–water partition coefficient (Wildman–Crippen LogP) is 2.69. The summed E-state index contributed by atoms with van der Waals surface area (Å²) in [5.41, 5.74) is 15.0. The summed E-state index contributed by atoms with van der Waals surface area (Å²) in [4.78, 5) is 11.3. The topological polar surface area (TPSA) is 161 Å². The molecular formula is C23H29N9O. The van der Waals surface area contributed by atoms with Gasteiger partial charge in [0.15, 0.2) is 6.19 Å². The first kappa shape index (κ1) is 23.6. The first-order valence-electron chi connectivity index (χ1n) is 10.9. The van der Waals surface area contributed by atoms with E-state index in [9.17, 15) is 5.26 Å². The standard InChI is InChI=1S/C23H29N9O/c1-4-9-33-17-8-7-14(10-15(17)12-32(5-2)6-3)20-18-19(26)16(11-24)21(27)30-22(18)31-23(29-20)28-13-25/h7-8,10,20H,4-6,9,12H2,1-3H3,(H6,26,27,28,29,30,31). The number of nitrogens with one attached hydrogen (secondary N) is 2. The number of rotatable bonds is 8. The van der Waals surface area contributed by atoms with Crippen LogP contribution < -0.4 is 26.8 Å². The summed E-state index contributed by atoms with van der Waals surface area (Å²) in [6.45, 7) is 9.44. The predicted molar refractivity (Wildman–Crippen MR) is 128 cm³/mol. The van der Waals surface area contributed by atoms with Gasteiger partial charge in [0.25, 0.3) is 0 Å². The highest BCUT2D eigenvalue weighted by atomic mass is 16.5. The van der Waals surface area contributed by atoms with Crippen molar-refractivity contribution in [3.63, 3.8) is 0 Å². The van der Waals surface area contributed by atoms with Crippen LogP contribution in [0, 0.1) is 22.8 Å². The maximum absolute atomic E-state index is 9.53. The average molecular weight is 448 g/mol. The highest BCUT2D eigenvalue weighted by Gasteiger charge is 2.30. The number of guanidine groups is 1. The van der Waals surface area contributed by atoms with Crippen molar-refractivity contribution in [2.75, 3.05) is 36.5 Å². The van der Waals surface area contributed by atoms with Gasteiger partial charge in [-0.05, 0) is 37.2 Å². The Bertz CT molecular complexity index is 1130. The number of anilines is 3. The molecular weight excluding hydrogens is 418 g/mol. The van der Waals surface area contributed by atoms with E-state index in [-0.39, 0.29) is 23.0 Å². The van der Waals surface area contributed by atoms with Crippen molar-refractivity contribution in [2.24, 2.45) is 4.99 Å². The summed E-state index contributed by atoms with van der Waals surface area (Å²) >= 11 is 0. The van der Waals surface area contributed by atoms with Gasteiger partial charge in [0.1, 0.15) is 35.1 Å². The lowest BCUT2D eigenvalue weighted by Gasteiger charge is -2.27. The van der Waals surface area contributed by atoms with E-state index in [1.165, 1.54) is 0 Å². The van der Waals surface area contributed by atoms with Crippen molar-refractivity contribution in [3.8, 4) is 18.0 Å². The van der Waals surface area contributed by atoms with Crippen LogP contribution in [0.4, 0.5) is 17.3 Å². The van der Waals surface area contributed by atoms with Gasteiger partial charge in [-0.15, -0.1) is 0 Å². The molecule has 33 heavy (non-hydrogen) atoms. The van der Waals surface area contributed by atoms with Crippen molar-refractivity contribution in [1.82, 2.24) is 15.2 Å². The Morgan fingerprint density at radius 3 is 2.61 bits per heavy atom. The molecule has 0 spiro atoms. The number of aromatic nitrogens is 1. The van der Waals surface area contributed by atoms with Crippen LogP contribution in [-0.2, 0) is 6.54 Å². The van der Waals surface area contributed by atoms with Gasteiger partial charge in [0.05, 0.1) is 12.3 Å². The largest absolute Gasteiger partial charge is 0.493 e. The lowest BCUT2D eigenvalue weighted by molar-refractivity contribution is 0.276. The minimum atomic E-state index is -0.590. The Kier molecular flexibility index (Phi) is 7.54. The van der Waals surface area contributed by atoms with Crippen LogP contribution in [0.15, 0.2) is 23.2 Å². The van der Waals surface area contributed by atoms with Crippen LogP contribution in [0.25, 0.3) is 0 Å².